The van der Waals surface area contributed by atoms with Gasteiger partial charge in [0.25, 0.3) is 0 Å². The average molecular weight is 354 g/mol. The molecule has 2 heterocycles. The van der Waals surface area contributed by atoms with Gasteiger partial charge in [0, 0.05) is 17.0 Å². The summed E-state index contributed by atoms with van der Waals surface area (Å²) in [6, 6.07) is 10.5. The van der Waals surface area contributed by atoms with Crippen molar-refractivity contribution >= 4 is 22.4 Å². The summed E-state index contributed by atoms with van der Waals surface area (Å²) >= 11 is 1.53. The second-order valence-corrected chi connectivity index (χ2v) is 7.41. The van der Waals surface area contributed by atoms with Gasteiger partial charge in [0.15, 0.2) is 5.13 Å². The molecule has 6 heteroatoms. The predicted octanol–water partition coefficient (Wildman–Crippen LogP) is 3.80. The molecule has 0 unspecified atom stereocenters. The van der Waals surface area contributed by atoms with Crippen LogP contribution in [0.3, 0.4) is 0 Å². The fraction of sp³-hybridized carbons (Fsp3) is 0.316. The summed E-state index contributed by atoms with van der Waals surface area (Å²) in [5.74, 6) is -0.109. The van der Waals surface area contributed by atoms with Crippen molar-refractivity contribution in [2.45, 2.75) is 40.7 Å². The van der Waals surface area contributed by atoms with E-state index < -0.39 is 0 Å². The van der Waals surface area contributed by atoms with E-state index in [4.69, 9.17) is 0 Å². The highest BCUT2D eigenvalue weighted by Gasteiger charge is 2.12. The molecule has 0 atom stereocenters. The predicted molar refractivity (Wildman–Crippen MR) is 101 cm³/mol. The number of nitrogens with one attached hydrogen (secondary N) is 1. The number of aromatic nitrogens is 3. The van der Waals surface area contributed by atoms with Gasteiger partial charge in [-0.2, -0.15) is 5.10 Å². The third-order valence-corrected chi connectivity index (χ3v) is 5.09. The van der Waals surface area contributed by atoms with E-state index in [0.717, 1.165) is 23.5 Å². The smallest absolute Gasteiger partial charge is 0.247 e. The molecule has 2 aromatic heterocycles. The van der Waals surface area contributed by atoms with E-state index in [2.05, 4.69) is 46.6 Å². The maximum atomic E-state index is 12.3. The molecule has 0 aliphatic heterocycles. The van der Waals surface area contributed by atoms with Crippen molar-refractivity contribution in [2.75, 3.05) is 5.32 Å². The van der Waals surface area contributed by atoms with E-state index in [0.29, 0.717) is 5.13 Å². The Morgan fingerprint density at radius 1 is 1.16 bits per heavy atom. The number of rotatable bonds is 5. The fourth-order valence-electron chi connectivity index (χ4n) is 2.67. The zero-order valence-corrected chi connectivity index (χ0v) is 15.8. The van der Waals surface area contributed by atoms with Crippen LogP contribution in [0.5, 0.6) is 0 Å². The van der Waals surface area contributed by atoms with Crippen LogP contribution in [0.1, 0.15) is 33.1 Å². The van der Waals surface area contributed by atoms with Gasteiger partial charge in [0.1, 0.15) is 6.54 Å². The lowest BCUT2D eigenvalue weighted by molar-refractivity contribution is -0.116. The van der Waals surface area contributed by atoms with Crippen LogP contribution in [0.15, 0.2) is 30.3 Å². The van der Waals surface area contributed by atoms with E-state index in [1.807, 2.05) is 26.8 Å². The lowest BCUT2D eigenvalue weighted by Crippen LogP contribution is -2.20. The Balaban J connectivity index is 1.66. The summed E-state index contributed by atoms with van der Waals surface area (Å²) in [4.78, 5) is 17.9. The summed E-state index contributed by atoms with van der Waals surface area (Å²) in [7, 11) is 0. The van der Waals surface area contributed by atoms with E-state index in [-0.39, 0.29) is 12.5 Å². The highest BCUT2D eigenvalue weighted by Crippen LogP contribution is 2.25. The van der Waals surface area contributed by atoms with Gasteiger partial charge in [-0.15, -0.1) is 11.3 Å². The monoisotopic (exact) mass is 354 g/mol. The van der Waals surface area contributed by atoms with Gasteiger partial charge in [-0.05, 0) is 39.3 Å². The highest BCUT2D eigenvalue weighted by atomic mass is 32.1. The largest absolute Gasteiger partial charge is 0.300 e. The number of anilines is 1. The number of nitrogens with zero attached hydrogens (tertiary/aromatic N) is 3. The number of amides is 1. The van der Waals surface area contributed by atoms with Crippen molar-refractivity contribution in [3.8, 4) is 0 Å². The van der Waals surface area contributed by atoms with Crippen LogP contribution in [0.25, 0.3) is 0 Å². The number of carbonyl (C=O) groups is 1. The first kappa shape index (κ1) is 17.4. The molecule has 3 aromatic rings. The summed E-state index contributed by atoms with van der Waals surface area (Å²) < 4.78 is 1.71. The second kappa shape index (κ2) is 7.19. The van der Waals surface area contributed by atoms with Crippen LogP contribution in [-0.2, 0) is 17.8 Å². The molecule has 1 amide bonds. The number of thiazole rings is 1. The number of hydrogen-bond donors (Lipinski definition) is 1. The van der Waals surface area contributed by atoms with Crippen molar-refractivity contribution in [2.24, 2.45) is 0 Å². The Hall–Kier alpha value is -2.47. The van der Waals surface area contributed by atoms with Crippen LogP contribution in [0, 0.1) is 27.7 Å². The van der Waals surface area contributed by atoms with E-state index in [9.17, 15) is 4.79 Å². The summed E-state index contributed by atoms with van der Waals surface area (Å²) in [6.45, 7) is 8.13. The molecule has 25 heavy (non-hydrogen) atoms. The first-order valence-corrected chi connectivity index (χ1v) is 9.05. The zero-order chi connectivity index (χ0) is 18.0. The molecule has 5 nitrogen and oxygen atoms in total. The van der Waals surface area contributed by atoms with Crippen LogP contribution in [0.2, 0.25) is 0 Å². The zero-order valence-electron chi connectivity index (χ0n) is 15.0. The van der Waals surface area contributed by atoms with Crippen LogP contribution >= 0.6 is 11.3 Å². The van der Waals surface area contributed by atoms with Crippen molar-refractivity contribution < 1.29 is 4.79 Å². The van der Waals surface area contributed by atoms with Gasteiger partial charge in [-0.1, -0.05) is 29.8 Å². The normalized spacial score (nSPS) is 10.9. The number of aryl methyl sites for hydroxylation is 4. The Bertz CT molecular complexity index is 893. The number of carbonyl (C=O) groups excluding carboxylic acids is 1. The molecule has 1 N–H and O–H groups in total. The molecule has 0 saturated heterocycles. The molecule has 0 bridgehead atoms. The maximum Gasteiger partial charge on any atom is 0.247 e. The lowest BCUT2D eigenvalue weighted by atomic mass is 10.1. The van der Waals surface area contributed by atoms with Gasteiger partial charge < -0.3 is 5.32 Å². The number of benzene rings is 1. The molecule has 0 fully saturated rings. The second-order valence-electron chi connectivity index (χ2n) is 6.32. The molecule has 0 spiro atoms. The third kappa shape index (κ3) is 4.33. The van der Waals surface area contributed by atoms with E-state index >= 15 is 0 Å². The van der Waals surface area contributed by atoms with Gasteiger partial charge in [0.05, 0.1) is 11.4 Å². The number of hydrogen-bond acceptors (Lipinski definition) is 4. The first-order valence-electron chi connectivity index (χ1n) is 8.23. The minimum atomic E-state index is -0.109. The maximum absolute atomic E-state index is 12.3. The highest BCUT2D eigenvalue weighted by molar-refractivity contribution is 7.15. The molecule has 130 valence electrons. The molecular weight excluding hydrogens is 332 g/mol. The first-order chi connectivity index (χ1) is 11.9. The lowest BCUT2D eigenvalue weighted by Gasteiger charge is -2.04. The molecule has 1 aromatic carbocycles. The molecule has 3 rings (SSSR count). The van der Waals surface area contributed by atoms with Crippen LogP contribution in [-0.4, -0.2) is 20.7 Å². The topological polar surface area (TPSA) is 59.8 Å². The standard InChI is InChI=1S/C19H22N4OS/c1-12-5-7-16(8-6-12)10-17-15(4)20-19(25-17)21-18(24)11-23-14(3)9-13(2)22-23/h5-9H,10-11H2,1-4H3,(H,20,21,24). The molecule has 0 aliphatic carbocycles. The summed E-state index contributed by atoms with van der Waals surface area (Å²) in [6.07, 6.45) is 0.830. The summed E-state index contributed by atoms with van der Waals surface area (Å²) in [5.41, 5.74) is 5.35. The molecule has 0 aliphatic rings. The Labute approximate surface area is 151 Å². The fourth-order valence-corrected chi connectivity index (χ4v) is 3.68. The third-order valence-electron chi connectivity index (χ3n) is 4.02. The quantitative estimate of drug-likeness (QED) is 0.758. The molecule has 0 radical (unpaired) electrons. The minimum absolute atomic E-state index is 0.109. The SMILES string of the molecule is Cc1ccc(Cc2sc(NC(=O)Cn3nc(C)cc3C)nc2C)cc1. The van der Waals surface area contributed by atoms with Crippen molar-refractivity contribution in [3.05, 3.63) is 63.4 Å². The molecular formula is C19H22N4OS. The van der Waals surface area contributed by atoms with E-state index in [1.165, 1.54) is 27.3 Å². The van der Waals surface area contributed by atoms with Gasteiger partial charge in [-0.3, -0.25) is 9.48 Å². The van der Waals surface area contributed by atoms with Crippen molar-refractivity contribution in [1.29, 1.82) is 0 Å². The minimum Gasteiger partial charge on any atom is -0.300 e. The van der Waals surface area contributed by atoms with Gasteiger partial charge in [-0.25, -0.2) is 4.98 Å². The van der Waals surface area contributed by atoms with Crippen LogP contribution in [0.4, 0.5) is 5.13 Å². The van der Waals surface area contributed by atoms with E-state index in [1.54, 1.807) is 4.68 Å². The Morgan fingerprint density at radius 2 is 1.88 bits per heavy atom. The summed E-state index contributed by atoms with van der Waals surface area (Å²) in [5, 5.41) is 7.85. The Kier molecular flexibility index (Phi) is 4.99. The average Bonchev–Trinajstić information content (AvgIpc) is 3.03. The Morgan fingerprint density at radius 3 is 2.52 bits per heavy atom. The molecule has 0 saturated carbocycles. The van der Waals surface area contributed by atoms with Crippen molar-refractivity contribution in [1.82, 2.24) is 14.8 Å². The van der Waals surface area contributed by atoms with Crippen LogP contribution < -0.4 is 5.32 Å². The van der Waals surface area contributed by atoms with Crippen molar-refractivity contribution in [3.63, 3.8) is 0 Å². The van der Waals surface area contributed by atoms with Gasteiger partial charge >= 0.3 is 0 Å². The van der Waals surface area contributed by atoms with Gasteiger partial charge in [0.2, 0.25) is 5.91 Å².